The predicted molar refractivity (Wildman–Crippen MR) is 95.3 cm³/mol. The van der Waals surface area contributed by atoms with Gasteiger partial charge in [-0.3, -0.25) is 4.79 Å². The van der Waals surface area contributed by atoms with Crippen molar-refractivity contribution in [2.75, 3.05) is 12.4 Å². The van der Waals surface area contributed by atoms with Gasteiger partial charge in [0.1, 0.15) is 17.2 Å². The summed E-state index contributed by atoms with van der Waals surface area (Å²) in [5.41, 5.74) is -0.0254. The Balaban J connectivity index is 1.83. The molecule has 0 aromatic heterocycles. The highest BCUT2D eigenvalue weighted by Gasteiger charge is 2.38. The van der Waals surface area contributed by atoms with Gasteiger partial charge < -0.3 is 4.74 Å². The predicted octanol–water partition coefficient (Wildman–Crippen LogP) is 2.89. The lowest BCUT2D eigenvalue weighted by molar-refractivity contribution is 0.0661. The van der Waals surface area contributed by atoms with E-state index in [2.05, 4.69) is 0 Å². The molecule has 1 aliphatic heterocycles. The van der Waals surface area contributed by atoms with Gasteiger partial charge >= 0.3 is 0 Å². The molecule has 0 unspecified atom stereocenters. The van der Waals surface area contributed by atoms with E-state index in [1.54, 1.807) is 0 Å². The van der Waals surface area contributed by atoms with Crippen LogP contribution >= 0.6 is 0 Å². The lowest BCUT2D eigenvalue weighted by Gasteiger charge is -2.31. The Bertz CT molecular complexity index is 941. The van der Waals surface area contributed by atoms with Gasteiger partial charge in [-0.2, -0.15) is 0 Å². The molecule has 0 fully saturated rings. The van der Waals surface area contributed by atoms with Crippen LogP contribution in [0.15, 0.2) is 60.7 Å². The fourth-order valence-corrected chi connectivity index (χ4v) is 4.19. The Labute approximate surface area is 155 Å². The minimum absolute atomic E-state index is 0.133. The van der Waals surface area contributed by atoms with Gasteiger partial charge in [-0.15, -0.1) is 0 Å². The number of sulfonamides is 1. The maximum atomic E-state index is 14.0. The summed E-state index contributed by atoms with van der Waals surface area (Å²) in [5.74, 6) is -3.91. The Morgan fingerprint density at radius 3 is 2.41 bits per heavy atom. The molecule has 2 aromatic carbocycles. The van der Waals surface area contributed by atoms with E-state index in [1.165, 1.54) is 12.2 Å². The number of hydrogen-bond donors (Lipinski definition) is 0. The van der Waals surface area contributed by atoms with Crippen molar-refractivity contribution in [1.29, 1.82) is 0 Å². The average molecular weight is 393 g/mol. The summed E-state index contributed by atoms with van der Waals surface area (Å²) in [4.78, 5) is 12.7. The highest BCUT2D eigenvalue weighted by molar-refractivity contribution is 7.89. The van der Waals surface area contributed by atoms with Gasteiger partial charge in [0.25, 0.3) is 5.91 Å². The fourth-order valence-electron chi connectivity index (χ4n) is 2.78. The van der Waals surface area contributed by atoms with Gasteiger partial charge in [-0.05, 0) is 17.7 Å². The summed E-state index contributed by atoms with van der Waals surface area (Å²) in [6.45, 7) is 0.0771. The van der Waals surface area contributed by atoms with Crippen molar-refractivity contribution in [2.24, 2.45) is 0 Å². The van der Waals surface area contributed by atoms with E-state index in [0.717, 1.165) is 23.8 Å². The third-order valence-corrected chi connectivity index (χ3v) is 5.69. The van der Waals surface area contributed by atoms with Crippen LogP contribution in [0.3, 0.4) is 0 Å². The zero-order valence-electron chi connectivity index (χ0n) is 14.2. The molecule has 0 spiro atoms. The minimum atomic E-state index is -4.07. The summed E-state index contributed by atoms with van der Waals surface area (Å²) in [7, 11) is -4.07. The zero-order chi connectivity index (χ0) is 19.4. The molecule has 0 N–H and O–H groups in total. The summed E-state index contributed by atoms with van der Waals surface area (Å²) in [6.07, 6.45) is 2.88. The molecule has 0 aliphatic carbocycles. The molecule has 1 aliphatic rings. The van der Waals surface area contributed by atoms with Crippen LogP contribution in [0.4, 0.5) is 8.78 Å². The first kappa shape index (κ1) is 19.2. The Hall–Kier alpha value is -2.58. The van der Waals surface area contributed by atoms with Gasteiger partial charge in [0.2, 0.25) is 10.0 Å². The SMILES string of the molecule is O=C(c1c(F)cccc1F)N1[C@@H](COCc2ccccc2)C=CCS1(=O)=O. The van der Waals surface area contributed by atoms with Crippen LogP contribution in [-0.4, -0.2) is 37.0 Å². The number of ether oxygens (including phenoxy) is 1. The second kappa shape index (κ2) is 7.98. The van der Waals surface area contributed by atoms with Crippen LogP contribution in [0.2, 0.25) is 0 Å². The van der Waals surface area contributed by atoms with Gasteiger partial charge in [0, 0.05) is 0 Å². The largest absolute Gasteiger partial charge is 0.374 e. The maximum absolute atomic E-state index is 14.0. The number of benzene rings is 2. The molecule has 8 heteroatoms. The van der Waals surface area contributed by atoms with E-state index < -0.39 is 44.9 Å². The van der Waals surface area contributed by atoms with E-state index in [4.69, 9.17) is 4.74 Å². The van der Waals surface area contributed by atoms with Crippen molar-refractivity contribution in [3.05, 3.63) is 83.4 Å². The van der Waals surface area contributed by atoms with Crippen LogP contribution in [0.1, 0.15) is 15.9 Å². The summed E-state index contributed by atoms with van der Waals surface area (Å²) >= 11 is 0. The molecule has 0 saturated carbocycles. The molecule has 142 valence electrons. The Kier molecular flexibility index (Phi) is 5.67. The van der Waals surface area contributed by atoms with Gasteiger partial charge in [-0.25, -0.2) is 21.5 Å². The quantitative estimate of drug-likeness (QED) is 0.733. The molecule has 1 amide bonds. The summed E-state index contributed by atoms with van der Waals surface area (Å²) in [5, 5.41) is 0. The molecule has 0 radical (unpaired) electrons. The van der Waals surface area contributed by atoms with E-state index in [-0.39, 0.29) is 13.2 Å². The number of carbonyl (C=O) groups is 1. The van der Waals surface area contributed by atoms with Crippen molar-refractivity contribution < 1.29 is 26.7 Å². The summed E-state index contributed by atoms with van der Waals surface area (Å²) < 4.78 is 58.8. The van der Waals surface area contributed by atoms with E-state index in [1.807, 2.05) is 30.3 Å². The second-order valence-corrected chi connectivity index (χ2v) is 7.86. The van der Waals surface area contributed by atoms with E-state index >= 15 is 0 Å². The highest BCUT2D eigenvalue weighted by Crippen LogP contribution is 2.23. The van der Waals surface area contributed by atoms with Crippen LogP contribution in [0.5, 0.6) is 0 Å². The van der Waals surface area contributed by atoms with Crippen molar-refractivity contribution in [1.82, 2.24) is 4.31 Å². The molecule has 1 heterocycles. The monoisotopic (exact) mass is 393 g/mol. The molecule has 27 heavy (non-hydrogen) atoms. The lowest BCUT2D eigenvalue weighted by atomic mass is 10.1. The zero-order valence-corrected chi connectivity index (χ0v) is 15.0. The van der Waals surface area contributed by atoms with Crippen LogP contribution in [-0.2, 0) is 21.4 Å². The van der Waals surface area contributed by atoms with Crippen LogP contribution in [0, 0.1) is 11.6 Å². The van der Waals surface area contributed by atoms with E-state index in [9.17, 15) is 22.0 Å². The molecule has 1 atom stereocenters. The first-order valence-corrected chi connectivity index (χ1v) is 9.80. The minimum Gasteiger partial charge on any atom is -0.374 e. The average Bonchev–Trinajstić information content (AvgIpc) is 2.61. The fraction of sp³-hybridized carbons (Fsp3) is 0.211. The third kappa shape index (κ3) is 4.23. The first-order chi connectivity index (χ1) is 12.9. The van der Waals surface area contributed by atoms with E-state index in [0.29, 0.717) is 4.31 Å². The topological polar surface area (TPSA) is 63.7 Å². The van der Waals surface area contributed by atoms with Crippen molar-refractivity contribution in [3.8, 4) is 0 Å². The van der Waals surface area contributed by atoms with Crippen molar-refractivity contribution in [3.63, 3.8) is 0 Å². The number of rotatable bonds is 5. The van der Waals surface area contributed by atoms with Gasteiger partial charge in [0.05, 0.1) is 25.0 Å². The third-order valence-electron chi connectivity index (χ3n) is 4.04. The van der Waals surface area contributed by atoms with Crippen molar-refractivity contribution >= 4 is 15.9 Å². The number of amides is 1. The molecule has 3 rings (SSSR count). The molecular formula is C19H17F2NO4S. The first-order valence-electron chi connectivity index (χ1n) is 8.19. The molecule has 0 bridgehead atoms. The number of nitrogens with zero attached hydrogens (tertiary/aromatic N) is 1. The van der Waals surface area contributed by atoms with Crippen LogP contribution in [0.25, 0.3) is 0 Å². The highest BCUT2D eigenvalue weighted by atomic mass is 32.2. The molecule has 0 saturated heterocycles. The number of halogens is 2. The van der Waals surface area contributed by atoms with Gasteiger partial charge in [0.15, 0.2) is 0 Å². The molecule has 2 aromatic rings. The molecule has 5 nitrogen and oxygen atoms in total. The second-order valence-electron chi connectivity index (χ2n) is 5.97. The Morgan fingerprint density at radius 2 is 1.74 bits per heavy atom. The van der Waals surface area contributed by atoms with Crippen LogP contribution < -0.4 is 0 Å². The molecular weight excluding hydrogens is 376 g/mol. The normalized spacial score (nSPS) is 18.4. The summed E-state index contributed by atoms with van der Waals surface area (Å²) in [6, 6.07) is 11.1. The van der Waals surface area contributed by atoms with Crippen molar-refractivity contribution in [2.45, 2.75) is 12.6 Å². The maximum Gasteiger partial charge on any atom is 0.273 e. The standard InChI is InChI=1S/C19H17F2NO4S/c20-16-9-4-10-17(21)18(16)19(23)22-15(8-5-11-27(22,24)25)13-26-12-14-6-2-1-3-7-14/h1-10,15H,11-13H2/t15-/m1/s1. The number of hydrogen-bond acceptors (Lipinski definition) is 4. The Morgan fingerprint density at radius 1 is 1.07 bits per heavy atom. The lowest BCUT2D eigenvalue weighted by Crippen LogP contribution is -2.49. The smallest absolute Gasteiger partial charge is 0.273 e. The van der Waals surface area contributed by atoms with Gasteiger partial charge in [-0.1, -0.05) is 48.6 Å². The number of carbonyl (C=O) groups excluding carboxylic acids is 1.